The van der Waals surface area contributed by atoms with Gasteiger partial charge in [-0.2, -0.15) is 5.26 Å². The number of thioether (sulfide) groups is 1. The number of carboxylic acids is 1. The van der Waals surface area contributed by atoms with Gasteiger partial charge in [-0.25, -0.2) is 0 Å². The number of rotatable bonds is 6. The van der Waals surface area contributed by atoms with Crippen molar-refractivity contribution in [3.63, 3.8) is 0 Å². The van der Waals surface area contributed by atoms with E-state index in [-0.39, 0.29) is 24.2 Å². The number of amides is 1. The van der Waals surface area contributed by atoms with Crippen molar-refractivity contribution < 1.29 is 14.7 Å². The van der Waals surface area contributed by atoms with Gasteiger partial charge < -0.3 is 10.0 Å². The van der Waals surface area contributed by atoms with Crippen LogP contribution < -0.4 is 0 Å². The molecule has 0 aromatic carbocycles. The van der Waals surface area contributed by atoms with Gasteiger partial charge in [-0.1, -0.05) is 6.92 Å². The smallest absolute Gasteiger partial charge is 0.303 e. The number of nitrogens with zero attached hydrogens (tertiary/aromatic N) is 2. The first-order valence-corrected chi connectivity index (χ1v) is 7.64. The molecule has 5 nitrogen and oxygen atoms in total. The van der Waals surface area contributed by atoms with E-state index in [0.717, 1.165) is 19.4 Å². The van der Waals surface area contributed by atoms with Crippen molar-refractivity contribution in [1.82, 2.24) is 4.90 Å². The summed E-state index contributed by atoms with van der Waals surface area (Å²) in [4.78, 5) is 24.5. The highest BCUT2D eigenvalue weighted by molar-refractivity contribution is 8.00. The number of aliphatic carboxylic acids is 1. The van der Waals surface area contributed by atoms with Gasteiger partial charge in [0.25, 0.3) is 0 Å². The van der Waals surface area contributed by atoms with Crippen molar-refractivity contribution in [2.24, 2.45) is 11.8 Å². The monoisotopic (exact) mass is 284 g/mol. The molecule has 1 aliphatic rings. The molecule has 6 heteroatoms. The highest BCUT2D eigenvalue weighted by Crippen LogP contribution is 2.26. The third-order valence-corrected chi connectivity index (χ3v) is 4.29. The normalized spacial score (nSPS) is 20.6. The maximum atomic E-state index is 11.9. The van der Waals surface area contributed by atoms with Crippen LogP contribution in [0, 0.1) is 23.2 Å². The lowest BCUT2D eigenvalue weighted by Gasteiger charge is -2.35. The van der Waals surface area contributed by atoms with E-state index in [4.69, 9.17) is 10.4 Å². The molecule has 0 aromatic rings. The van der Waals surface area contributed by atoms with E-state index >= 15 is 0 Å². The van der Waals surface area contributed by atoms with Crippen molar-refractivity contribution in [3.8, 4) is 6.07 Å². The Hall–Kier alpha value is -1.22. The van der Waals surface area contributed by atoms with Crippen LogP contribution in [0.3, 0.4) is 0 Å². The summed E-state index contributed by atoms with van der Waals surface area (Å²) in [6, 6.07) is 2.00. The number of carbonyl (C=O) groups is 2. The molecule has 1 aliphatic heterocycles. The molecule has 0 radical (unpaired) electrons. The molecular formula is C13H20N2O3S. The predicted octanol–water partition coefficient (Wildman–Crippen LogP) is 1.59. The zero-order chi connectivity index (χ0) is 14.3. The number of hydrogen-bond acceptors (Lipinski definition) is 4. The number of carbonyl (C=O) groups excluding carboxylic acids is 1. The van der Waals surface area contributed by atoms with Crippen molar-refractivity contribution in [1.29, 1.82) is 5.26 Å². The highest BCUT2D eigenvalue weighted by Gasteiger charge is 2.28. The van der Waals surface area contributed by atoms with E-state index in [9.17, 15) is 9.59 Å². The second-order valence-corrected chi connectivity index (χ2v) is 5.95. The third kappa shape index (κ3) is 5.52. The Labute approximate surface area is 118 Å². The maximum Gasteiger partial charge on any atom is 0.303 e. The fraction of sp³-hybridized carbons (Fsp3) is 0.769. The molecule has 0 bridgehead atoms. The summed E-state index contributed by atoms with van der Waals surface area (Å²) in [6.45, 7) is 3.35. The Balaban J connectivity index is 2.43. The molecule has 19 heavy (non-hydrogen) atoms. The zero-order valence-electron chi connectivity index (χ0n) is 11.2. The second-order valence-electron chi connectivity index (χ2n) is 4.97. The Morgan fingerprint density at radius 1 is 1.58 bits per heavy atom. The largest absolute Gasteiger partial charge is 0.481 e. The van der Waals surface area contributed by atoms with Gasteiger partial charge in [-0.05, 0) is 24.7 Å². The van der Waals surface area contributed by atoms with Crippen LogP contribution in [-0.2, 0) is 9.59 Å². The van der Waals surface area contributed by atoms with E-state index in [1.165, 1.54) is 11.8 Å². The van der Waals surface area contributed by atoms with Crippen LogP contribution in [0.2, 0.25) is 0 Å². The van der Waals surface area contributed by atoms with Gasteiger partial charge in [0.05, 0.1) is 17.6 Å². The van der Waals surface area contributed by atoms with Gasteiger partial charge in [0.15, 0.2) is 0 Å². The first-order valence-electron chi connectivity index (χ1n) is 6.48. The summed E-state index contributed by atoms with van der Waals surface area (Å²) in [5.41, 5.74) is 0. The first kappa shape index (κ1) is 15.8. The molecule has 1 fully saturated rings. The van der Waals surface area contributed by atoms with Crippen LogP contribution in [0.1, 0.15) is 26.2 Å². The van der Waals surface area contributed by atoms with Crippen LogP contribution in [0.15, 0.2) is 0 Å². The standard InChI is InChI=1S/C13H20N2O3S/c1-10(7-13(17)18)11-3-2-5-15(8-11)12(16)9-19-6-4-14/h10-11H,2-3,5-9H2,1H3,(H,17,18). The zero-order valence-corrected chi connectivity index (χ0v) is 12.0. The van der Waals surface area contributed by atoms with Crippen molar-refractivity contribution >= 4 is 23.6 Å². The number of piperidine rings is 1. The minimum absolute atomic E-state index is 0.0625. The SMILES string of the molecule is CC(CC(=O)O)C1CCCN(C(=O)CSCC#N)C1. The molecule has 0 aromatic heterocycles. The minimum Gasteiger partial charge on any atom is -0.481 e. The van der Waals surface area contributed by atoms with Crippen molar-refractivity contribution in [2.45, 2.75) is 26.2 Å². The van der Waals surface area contributed by atoms with E-state index in [1.807, 2.05) is 17.9 Å². The van der Waals surface area contributed by atoms with Crippen LogP contribution >= 0.6 is 11.8 Å². The van der Waals surface area contributed by atoms with Crippen LogP contribution in [0.5, 0.6) is 0 Å². The number of nitriles is 1. The van der Waals surface area contributed by atoms with Gasteiger partial charge in [0.2, 0.25) is 5.91 Å². The molecular weight excluding hydrogens is 264 g/mol. The molecule has 1 amide bonds. The molecule has 1 rings (SSSR count). The molecule has 1 saturated heterocycles. The van der Waals surface area contributed by atoms with Gasteiger partial charge >= 0.3 is 5.97 Å². The average molecular weight is 284 g/mol. The Bertz CT molecular complexity index is 367. The molecule has 0 saturated carbocycles. The van der Waals surface area contributed by atoms with Crippen LogP contribution in [-0.4, -0.2) is 46.5 Å². The maximum absolute atomic E-state index is 11.9. The summed E-state index contributed by atoms with van der Waals surface area (Å²) in [7, 11) is 0. The summed E-state index contributed by atoms with van der Waals surface area (Å²) < 4.78 is 0. The molecule has 2 atom stereocenters. The molecule has 2 unspecified atom stereocenters. The molecule has 0 spiro atoms. The average Bonchev–Trinajstić information content (AvgIpc) is 2.38. The lowest BCUT2D eigenvalue weighted by atomic mass is 9.84. The molecule has 106 valence electrons. The summed E-state index contributed by atoms with van der Waals surface area (Å²) in [6.07, 6.45) is 2.09. The van der Waals surface area contributed by atoms with E-state index in [0.29, 0.717) is 18.1 Å². The van der Waals surface area contributed by atoms with Crippen LogP contribution in [0.4, 0.5) is 0 Å². The minimum atomic E-state index is -0.777. The Kier molecular flexibility index (Phi) is 6.71. The highest BCUT2D eigenvalue weighted by atomic mass is 32.2. The number of hydrogen-bond donors (Lipinski definition) is 1. The van der Waals surface area contributed by atoms with Crippen molar-refractivity contribution in [2.75, 3.05) is 24.6 Å². The summed E-state index contributed by atoms with van der Waals surface area (Å²) in [5.74, 6) is 0.328. The summed E-state index contributed by atoms with van der Waals surface area (Å²) >= 11 is 1.33. The van der Waals surface area contributed by atoms with E-state index in [1.54, 1.807) is 0 Å². The van der Waals surface area contributed by atoms with Crippen LogP contribution in [0.25, 0.3) is 0 Å². The lowest BCUT2D eigenvalue weighted by molar-refractivity contribution is -0.138. The topological polar surface area (TPSA) is 81.4 Å². The fourth-order valence-electron chi connectivity index (χ4n) is 2.42. The van der Waals surface area contributed by atoms with E-state index < -0.39 is 5.97 Å². The second kappa shape index (κ2) is 8.05. The first-order chi connectivity index (χ1) is 9.04. The molecule has 0 aliphatic carbocycles. The van der Waals surface area contributed by atoms with Gasteiger partial charge in [0, 0.05) is 19.5 Å². The third-order valence-electron chi connectivity index (χ3n) is 3.50. The predicted molar refractivity (Wildman–Crippen MR) is 73.7 cm³/mol. The molecule has 1 N–H and O–H groups in total. The Morgan fingerprint density at radius 2 is 2.32 bits per heavy atom. The fourth-order valence-corrected chi connectivity index (χ4v) is 2.97. The summed E-state index contributed by atoms with van der Waals surface area (Å²) in [5, 5.41) is 17.3. The quantitative estimate of drug-likeness (QED) is 0.749. The Morgan fingerprint density at radius 3 is 2.95 bits per heavy atom. The lowest BCUT2D eigenvalue weighted by Crippen LogP contribution is -2.42. The molecule has 1 heterocycles. The van der Waals surface area contributed by atoms with Crippen molar-refractivity contribution in [3.05, 3.63) is 0 Å². The van der Waals surface area contributed by atoms with Gasteiger partial charge in [-0.3, -0.25) is 9.59 Å². The van der Waals surface area contributed by atoms with Gasteiger partial charge in [-0.15, -0.1) is 11.8 Å². The van der Waals surface area contributed by atoms with Gasteiger partial charge in [0.1, 0.15) is 0 Å². The van der Waals surface area contributed by atoms with E-state index in [2.05, 4.69) is 0 Å². The number of likely N-dealkylation sites (tertiary alicyclic amines) is 1. The number of carboxylic acid groups (broad SMARTS) is 1.